The Bertz CT molecular complexity index is 1130. The van der Waals surface area contributed by atoms with E-state index < -0.39 is 4.92 Å². The average molecular weight is 424 g/mol. The molecule has 10 heteroatoms. The molecule has 1 atom stereocenters. The lowest BCUT2D eigenvalue weighted by atomic mass is 10.1. The molecule has 0 aliphatic carbocycles. The largest absolute Gasteiger partial charge is 0.373 e. The highest BCUT2D eigenvalue weighted by atomic mass is 16.6. The molecule has 1 saturated heterocycles. The third kappa shape index (κ3) is 4.19. The molecule has 162 valence electrons. The number of hydrogen-bond donors (Lipinski definition) is 0. The minimum atomic E-state index is -0.448. The van der Waals surface area contributed by atoms with E-state index in [1.54, 1.807) is 29.9 Å². The maximum atomic E-state index is 12.7. The van der Waals surface area contributed by atoms with Crippen molar-refractivity contribution in [2.24, 2.45) is 7.05 Å². The summed E-state index contributed by atoms with van der Waals surface area (Å²) in [6, 6.07) is 6.59. The molecular formula is C21H24N6O4. The zero-order valence-electron chi connectivity index (χ0n) is 17.7. The van der Waals surface area contributed by atoms with Crippen molar-refractivity contribution in [3.63, 3.8) is 0 Å². The molecule has 1 unspecified atom stereocenters. The van der Waals surface area contributed by atoms with Crippen LogP contribution in [0.2, 0.25) is 0 Å². The summed E-state index contributed by atoms with van der Waals surface area (Å²) >= 11 is 0. The quantitative estimate of drug-likeness (QED) is 0.339. The summed E-state index contributed by atoms with van der Waals surface area (Å²) in [6.07, 6.45) is 3.03. The molecule has 0 amide bonds. The van der Waals surface area contributed by atoms with Crippen molar-refractivity contribution in [1.29, 1.82) is 0 Å². The van der Waals surface area contributed by atoms with Gasteiger partial charge in [-0.25, -0.2) is 4.98 Å². The van der Waals surface area contributed by atoms with Gasteiger partial charge in [0, 0.05) is 49.9 Å². The Morgan fingerprint density at radius 1 is 1.32 bits per heavy atom. The topological polar surface area (TPSA) is 108 Å². The van der Waals surface area contributed by atoms with Crippen molar-refractivity contribution in [1.82, 2.24) is 19.3 Å². The summed E-state index contributed by atoms with van der Waals surface area (Å²) in [6.45, 7) is 5.97. The van der Waals surface area contributed by atoms with Gasteiger partial charge in [-0.2, -0.15) is 5.10 Å². The number of benzene rings is 1. The Kier molecular flexibility index (Phi) is 5.55. The van der Waals surface area contributed by atoms with E-state index in [2.05, 4.69) is 10.1 Å². The summed E-state index contributed by atoms with van der Waals surface area (Å²) in [5.41, 5.74) is 2.59. The van der Waals surface area contributed by atoms with Crippen molar-refractivity contribution in [3.8, 4) is 0 Å². The monoisotopic (exact) mass is 424 g/mol. The van der Waals surface area contributed by atoms with Crippen molar-refractivity contribution < 1.29 is 14.5 Å². The van der Waals surface area contributed by atoms with Crippen molar-refractivity contribution >= 4 is 17.2 Å². The van der Waals surface area contributed by atoms with Crippen LogP contribution in [0.15, 0.2) is 36.7 Å². The second-order valence-corrected chi connectivity index (χ2v) is 7.70. The fourth-order valence-corrected chi connectivity index (χ4v) is 3.89. The van der Waals surface area contributed by atoms with E-state index in [9.17, 15) is 14.9 Å². The summed E-state index contributed by atoms with van der Waals surface area (Å²) in [4.78, 5) is 30.1. The fourth-order valence-electron chi connectivity index (χ4n) is 3.89. The second kappa shape index (κ2) is 8.31. The van der Waals surface area contributed by atoms with Crippen LogP contribution in [0, 0.1) is 24.0 Å². The number of nitro groups is 1. The predicted molar refractivity (Wildman–Crippen MR) is 113 cm³/mol. The Morgan fingerprint density at radius 3 is 2.77 bits per heavy atom. The summed E-state index contributed by atoms with van der Waals surface area (Å²) in [5.74, 6) is -0.120. The smallest absolute Gasteiger partial charge is 0.293 e. The Balaban J connectivity index is 1.58. The average Bonchev–Trinajstić information content (AvgIpc) is 3.31. The SMILES string of the molecule is Cc1cc(C)n(CC2CN(c3ccc(C(=O)c4nccn4C)cc3[N+](=O)[O-])CCO2)n1. The number of ether oxygens (including phenoxy) is 1. The van der Waals surface area contributed by atoms with Gasteiger partial charge in [0.25, 0.3) is 5.69 Å². The third-order valence-corrected chi connectivity index (χ3v) is 5.42. The van der Waals surface area contributed by atoms with Gasteiger partial charge in [-0.1, -0.05) is 0 Å². The first kappa shape index (κ1) is 20.7. The maximum Gasteiger partial charge on any atom is 0.293 e. The van der Waals surface area contributed by atoms with Crippen LogP contribution in [0.1, 0.15) is 27.6 Å². The number of anilines is 1. The number of nitrogens with zero attached hydrogens (tertiary/aromatic N) is 6. The van der Waals surface area contributed by atoms with Gasteiger partial charge >= 0.3 is 0 Å². The molecule has 0 N–H and O–H groups in total. The Labute approximate surface area is 179 Å². The minimum Gasteiger partial charge on any atom is -0.373 e. The molecule has 10 nitrogen and oxygen atoms in total. The number of nitro benzene ring substituents is 1. The van der Waals surface area contributed by atoms with Gasteiger partial charge in [0.1, 0.15) is 5.69 Å². The normalized spacial score (nSPS) is 16.5. The molecule has 0 spiro atoms. The number of rotatable bonds is 6. The zero-order chi connectivity index (χ0) is 22.1. The standard InChI is InChI=1S/C21H24N6O4/c1-14-10-15(2)26(23-14)13-17-12-25(8-9-31-17)18-5-4-16(11-19(18)27(29)30)20(28)21-22-6-7-24(21)3/h4-7,10-11,17H,8-9,12-13H2,1-3H3. The van der Waals surface area contributed by atoms with E-state index in [4.69, 9.17) is 4.74 Å². The highest BCUT2D eigenvalue weighted by Crippen LogP contribution is 2.31. The molecule has 4 rings (SSSR count). The Morgan fingerprint density at radius 2 is 2.13 bits per heavy atom. The third-order valence-electron chi connectivity index (χ3n) is 5.42. The lowest BCUT2D eigenvalue weighted by Gasteiger charge is -2.34. The fraction of sp³-hybridized carbons (Fsp3) is 0.381. The van der Waals surface area contributed by atoms with E-state index in [1.807, 2.05) is 29.5 Å². The van der Waals surface area contributed by atoms with E-state index >= 15 is 0 Å². The molecule has 3 aromatic rings. The molecule has 2 aromatic heterocycles. The van der Waals surface area contributed by atoms with Crippen molar-refractivity contribution in [2.75, 3.05) is 24.6 Å². The number of hydrogen-bond acceptors (Lipinski definition) is 7. The molecule has 0 bridgehead atoms. The van der Waals surface area contributed by atoms with Gasteiger partial charge in [0.05, 0.1) is 29.9 Å². The second-order valence-electron chi connectivity index (χ2n) is 7.70. The van der Waals surface area contributed by atoms with E-state index in [-0.39, 0.29) is 29.0 Å². The molecular weight excluding hydrogens is 400 g/mol. The van der Waals surface area contributed by atoms with Gasteiger partial charge in [0.15, 0.2) is 5.82 Å². The van der Waals surface area contributed by atoms with Crippen LogP contribution in [0.4, 0.5) is 11.4 Å². The van der Waals surface area contributed by atoms with Crippen LogP contribution >= 0.6 is 0 Å². The minimum absolute atomic E-state index is 0.105. The van der Waals surface area contributed by atoms with Crippen molar-refractivity contribution in [3.05, 3.63) is 69.5 Å². The number of ketones is 1. The molecule has 1 aliphatic heterocycles. The molecule has 1 aliphatic rings. The van der Waals surface area contributed by atoms with E-state index in [0.29, 0.717) is 31.9 Å². The maximum absolute atomic E-state index is 12.7. The summed E-state index contributed by atoms with van der Waals surface area (Å²) in [5, 5.41) is 16.3. The van der Waals surface area contributed by atoms with Gasteiger partial charge in [-0.3, -0.25) is 19.6 Å². The summed E-state index contributed by atoms with van der Waals surface area (Å²) in [7, 11) is 1.71. The van der Waals surface area contributed by atoms with Crippen LogP contribution in [0.25, 0.3) is 0 Å². The molecule has 0 radical (unpaired) electrons. The first-order valence-electron chi connectivity index (χ1n) is 10.0. The molecule has 0 saturated carbocycles. The number of morpholine rings is 1. The molecule has 31 heavy (non-hydrogen) atoms. The van der Waals surface area contributed by atoms with Gasteiger partial charge in [-0.15, -0.1) is 0 Å². The zero-order valence-corrected chi connectivity index (χ0v) is 17.7. The van der Waals surface area contributed by atoms with E-state index in [0.717, 1.165) is 11.4 Å². The van der Waals surface area contributed by atoms with Gasteiger partial charge in [0.2, 0.25) is 5.78 Å². The lowest BCUT2D eigenvalue weighted by molar-refractivity contribution is -0.384. The number of imidazole rings is 1. The number of aryl methyl sites for hydroxylation is 3. The molecule has 3 heterocycles. The highest BCUT2D eigenvalue weighted by Gasteiger charge is 2.28. The van der Waals surface area contributed by atoms with Crippen molar-refractivity contribution in [2.45, 2.75) is 26.5 Å². The Hall–Kier alpha value is -3.53. The number of aromatic nitrogens is 4. The highest BCUT2D eigenvalue weighted by molar-refractivity contribution is 6.07. The molecule has 1 fully saturated rings. The number of carbonyl (C=O) groups is 1. The molecule has 1 aromatic carbocycles. The van der Waals surface area contributed by atoms with Crippen LogP contribution in [-0.2, 0) is 18.3 Å². The van der Waals surface area contributed by atoms with Gasteiger partial charge < -0.3 is 14.2 Å². The lowest BCUT2D eigenvalue weighted by Crippen LogP contribution is -2.44. The van der Waals surface area contributed by atoms with Crippen LogP contribution < -0.4 is 4.90 Å². The first-order valence-corrected chi connectivity index (χ1v) is 10.0. The van der Waals surface area contributed by atoms with Gasteiger partial charge in [-0.05, 0) is 32.0 Å². The van der Waals surface area contributed by atoms with Crippen LogP contribution in [-0.4, -0.2) is 55.8 Å². The number of carbonyl (C=O) groups excluding carboxylic acids is 1. The first-order chi connectivity index (χ1) is 14.8. The van der Waals surface area contributed by atoms with E-state index in [1.165, 1.54) is 12.3 Å². The summed E-state index contributed by atoms with van der Waals surface area (Å²) < 4.78 is 9.37. The van der Waals surface area contributed by atoms with Crippen LogP contribution in [0.5, 0.6) is 0 Å². The van der Waals surface area contributed by atoms with Crippen LogP contribution in [0.3, 0.4) is 0 Å². The predicted octanol–water partition coefficient (Wildman–Crippen LogP) is 2.28.